The van der Waals surface area contributed by atoms with E-state index in [9.17, 15) is 9.59 Å². The van der Waals surface area contributed by atoms with E-state index in [1.54, 1.807) is 0 Å². The third-order valence-electron chi connectivity index (χ3n) is 3.11. The highest BCUT2D eigenvalue weighted by atomic mass is 16.6. The first-order chi connectivity index (χ1) is 11.9. The molecule has 0 aromatic heterocycles. The zero-order valence-electron chi connectivity index (χ0n) is 15.5. The Labute approximate surface area is 150 Å². The van der Waals surface area contributed by atoms with Crippen LogP contribution in [0.3, 0.4) is 0 Å². The van der Waals surface area contributed by atoms with Crippen LogP contribution < -0.4 is 0 Å². The van der Waals surface area contributed by atoms with Crippen molar-refractivity contribution in [1.29, 1.82) is 0 Å². The van der Waals surface area contributed by atoms with E-state index in [0.29, 0.717) is 13.0 Å². The van der Waals surface area contributed by atoms with Crippen molar-refractivity contribution in [3.05, 3.63) is 47.5 Å². The molecule has 0 unspecified atom stereocenters. The number of carbonyl (C=O) groups excluding carboxylic acids is 2. The summed E-state index contributed by atoms with van der Waals surface area (Å²) in [4.78, 5) is 23.5. The third kappa shape index (κ3) is 10.4. The predicted octanol–water partition coefficient (Wildman–Crippen LogP) is 3.67. The van der Waals surface area contributed by atoms with Gasteiger partial charge in [-0.05, 0) is 25.3 Å². The van der Waals surface area contributed by atoms with E-state index < -0.39 is 12.1 Å². The minimum Gasteiger partial charge on any atom is -0.462 e. The molecule has 0 aliphatic carbocycles. The van der Waals surface area contributed by atoms with Crippen molar-refractivity contribution >= 4 is 11.9 Å². The number of allylic oxidation sites excluding steroid dienone is 1. The first-order valence-corrected chi connectivity index (χ1v) is 8.49. The summed E-state index contributed by atoms with van der Waals surface area (Å²) in [5.41, 5.74) is 1.86. The second kappa shape index (κ2) is 11.4. The smallest absolute Gasteiger partial charge is 0.331 e. The Hall–Kier alpha value is -2.14. The molecule has 0 radical (unpaired) electrons. The molecular weight excluding hydrogens is 320 g/mol. The van der Waals surface area contributed by atoms with Gasteiger partial charge in [0.2, 0.25) is 0 Å². The Balaban J connectivity index is 2.52. The number of hydrogen-bond donors (Lipinski definition) is 0. The highest BCUT2D eigenvalue weighted by Crippen LogP contribution is 2.06. The molecule has 5 nitrogen and oxygen atoms in total. The fraction of sp³-hybridized carbons (Fsp3) is 0.500. The second-order valence-electron chi connectivity index (χ2n) is 6.56. The zero-order chi connectivity index (χ0) is 18.7. The number of benzene rings is 1. The Morgan fingerprint density at radius 3 is 2.36 bits per heavy atom. The molecule has 0 aliphatic rings. The normalized spacial score (nSPS) is 11.7. The number of rotatable bonds is 10. The van der Waals surface area contributed by atoms with E-state index >= 15 is 0 Å². The van der Waals surface area contributed by atoms with E-state index in [4.69, 9.17) is 14.2 Å². The molecule has 0 saturated heterocycles. The minimum atomic E-state index is -0.636. The van der Waals surface area contributed by atoms with Crippen LogP contribution in [0.1, 0.15) is 39.7 Å². The van der Waals surface area contributed by atoms with Crippen molar-refractivity contribution < 1.29 is 23.8 Å². The number of ether oxygens (including phenoxy) is 3. The van der Waals surface area contributed by atoms with E-state index in [1.165, 1.54) is 6.08 Å². The second-order valence-corrected chi connectivity index (χ2v) is 6.56. The monoisotopic (exact) mass is 348 g/mol. The molecule has 0 N–H and O–H groups in total. The van der Waals surface area contributed by atoms with Gasteiger partial charge < -0.3 is 14.2 Å². The van der Waals surface area contributed by atoms with Gasteiger partial charge in [0.15, 0.2) is 6.10 Å². The maximum absolute atomic E-state index is 11.8. The molecule has 0 heterocycles. The van der Waals surface area contributed by atoms with Gasteiger partial charge in [-0.25, -0.2) is 4.79 Å². The molecule has 25 heavy (non-hydrogen) atoms. The number of esters is 2. The van der Waals surface area contributed by atoms with Crippen molar-refractivity contribution in [3.63, 3.8) is 0 Å². The molecule has 1 rings (SSSR count). The standard InChI is InChI=1S/C20H28O5/c1-15(2)10-19(21)24-14-18(25-20(22)11-16(3)4)13-23-12-17-8-6-5-7-9-17/h5-9,11,15,18H,10,12-14H2,1-4H3/t18-/m0/s1. The predicted molar refractivity (Wildman–Crippen MR) is 95.8 cm³/mol. The molecule has 0 saturated carbocycles. The van der Waals surface area contributed by atoms with Crippen molar-refractivity contribution in [3.8, 4) is 0 Å². The van der Waals surface area contributed by atoms with Crippen LogP contribution in [0.15, 0.2) is 42.0 Å². The molecule has 0 spiro atoms. The molecule has 0 bridgehead atoms. The van der Waals surface area contributed by atoms with Gasteiger partial charge in [-0.15, -0.1) is 0 Å². The van der Waals surface area contributed by atoms with E-state index in [-0.39, 0.29) is 25.1 Å². The van der Waals surface area contributed by atoms with Gasteiger partial charge in [0, 0.05) is 12.5 Å². The van der Waals surface area contributed by atoms with Crippen LogP contribution in [0.5, 0.6) is 0 Å². The lowest BCUT2D eigenvalue weighted by atomic mass is 10.1. The number of hydrogen-bond acceptors (Lipinski definition) is 5. The summed E-state index contributed by atoms with van der Waals surface area (Å²) in [7, 11) is 0. The van der Waals surface area contributed by atoms with E-state index in [2.05, 4.69) is 0 Å². The third-order valence-corrected chi connectivity index (χ3v) is 3.11. The van der Waals surface area contributed by atoms with Crippen molar-refractivity contribution in [2.75, 3.05) is 13.2 Å². The molecule has 0 fully saturated rings. The maximum atomic E-state index is 11.8. The topological polar surface area (TPSA) is 61.8 Å². The van der Waals surface area contributed by atoms with Crippen LogP contribution in [0.2, 0.25) is 0 Å². The molecule has 0 amide bonds. The van der Waals surface area contributed by atoms with Crippen molar-refractivity contribution in [1.82, 2.24) is 0 Å². The largest absolute Gasteiger partial charge is 0.462 e. The summed E-state index contributed by atoms with van der Waals surface area (Å²) < 4.78 is 16.2. The van der Waals surface area contributed by atoms with Gasteiger partial charge in [0.1, 0.15) is 6.61 Å². The zero-order valence-corrected chi connectivity index (χ0v) is 15.5. The van der Waals surface area contributed by atoms with Gasteiger partial charge in [-0.2, -0.15) is 0 Å². The molecule has 5 heteroatoms. The quantitative estimate of drug-likeness (QED) is 0.477. The Morgan fingerprint density at radius 1 is 1.08 bits per heavy atom. The Bertz CT molecular complexity index is 559. The molecule has 1 aromatic rings. The van der Waals surface area contributed by atoms with Crippen LogP contribution in [0.4, 0.5) is 0 Å². The van der Waals surface area contributed by atoms with Gasteiger partial charge in [-0.3, -0.25) is 4.79 Å². The van der Waals surface area contributed by atoms with Crippen LogP contribution in [0, 0.1) is 5.92 Å². The van der Waals surface area contributed by atoms with Gasteiger partial charge in [0.05, 0.1) is 13.2 Å². The lowest BCUT2D eigenvalue weighted by Crippen LogP contribution is -2.29. The lowest BCUT2D eigenvalue weighted by Gasteiger charge is -2.18. The number of carbonyl (C=O) groups is 2. The van der Waals surface area contributed by atoms with Crippen LogP contribution >= 0.6 is 0 Å². The first kappa shape index (κ1) is 20.9. The van der Waals surface area contributed by atoms with E-state index in [0.717, 1.165) is 11.1 Å². The molecule has 1 atom stereocenters. The highest BCUT2D eigenvalue weighted by molar-refractivity contribution is 5.82. The minimum absolute atomic E-state index is 0.0112. The Morgan fingerprint density at radius 2 is 1.76 bits per heavy atom. The van der Waals surface area contributed by atoms with Crippen LogP contribution in [0.25, 0.3) is 0 Å². The maximum Gasteiger partial charge on any atom is 0.331 e. The summed E-state index contributed by atoms with van der Waals surface area (Å²) in [6, 6.07) is 9.69. The molecule has 0 aliphatic heterocycles. The van der Waals surface area contributed by atoms with Crippen LogP contribution in [-0.4, -0.2) is 31.3 Å². The van der Waals surface area contributed by atoms with Crippen LogP contribution in [-0.2, 0) is 30.4 Å². The lowest BCUT2D eigenvalue weighted by molar-refractivity contribution is -0.159. The van der Waals surface area contributed by atoms with E-state index in [1.807, 2.05) is 58.0 Å². The van der Waals surface area contributed by atoms with Crippen molar-refractivity contribution in [2.45, 2.75) is 46.8 Å². The molecule has 138 valence electrons. The average Bonchev–Trinajstić information content (AvgIpc) is 2.52. The molecule has 1 aromatic carbocycles. The average molecular weight is 348 g/mol. The summed E-state index contributed by atoms with van der Waals surface area (Å²) in [6.07, 6.45) is 1.10. The fourth-order valence-electron chi connectivity index (χ4n) is 2.01. The Kier molecular flexibility index (Phi) is 9.55. The molecular formula is C20H28O5. The summed E-state index contributed by atoms with van der Waals surface area (Å²) in [5.74, 6) is -0.553. The fourth-order valence-corrected chi connectivity index (χ4v) is 2.01. The van der Waals surface area contributed by atoms with Crippen molar-refractivity contribution in [2.24, 2.45) is 5.92 Å². The summed E-state index contributed by atoms with van der Waals surface area (Å²) in [6.45, 7) is 8.05. The van der Waals surface area contributed by atoms with Gasteiger partial charge >= 0.3 is 11.9 Å². The summed E-state index contributed by atoms with van der Waals surface area (Å²) >= 11 is 0. The summed E-state index contributed by atoms with van der Waals surface area (Å²) in [5, 5.41) is 0. The SMILES string of the molecule is CC(C)=CC(=O)O[C@@H](COCc1ccccc1)COC(=O)CC(C)C. The highest BCUT2D eigenvalue weighted by Gasteiger charge is 2.17. The first-order valence-electron chi connectivity index (χ1n) is 8.49. The van der Waals surface area contributed by atoms with Gasteiger partial charge in [-0.1, -0.05) is 49.8 Å². The van der Waals surface area contributed by atoms with Gasteiger partial charge in [0.25, 0.3) is 0 Å².